The van der Waals surface area contributed by atoms with Gasteiger partial charge in [0.15, 0.2) is 6.29 Å². The van der Waals surface area contributed by atoms with Crippen molar-refractivity contribution in [1.82, 2.24) is 5.32 Å². The highest BCUT2D eigenvalue weighted by atomic mass is 16.7. The van der Waals surface area contributed by atoms with Crippen molar-refractivity contribution < 1.29 is 14.2 Å². The summed E-state index contributed by atoms with van der Waals surface area (Å²) < 4.78 is 16.5. The van der Waals surface area contributed by atoms with Gasteiger partial charge in [0.1, 0.15) is 5.75 Å². The minimum Gasteiger partial charge on any atom is -0.497 e. The topological polar surface area (TPSA) is 39.7 Å². The van der Waals surface area contributed by atoms with E-state index in [4.69, 9.17) is 14.2 Å². The van der Waals surface area contributed by atoms with Crippen LogP contribution in [0.15, 0.2) is 18.2 Å². The first-order valence-corrected chi connectivity index (χ1v) is 6.83. The van der Waals surface area contributed by atoms with Gasteiger partial charge in [-0.1, -0.05) is 6.07 Å². The normalized spacial score (nSPS) is 20.5. The highest BCUT2D eigenvalue weighted by Crippen LogP contribution is 2.33. The number of hydrogen-bond acceptors (Lipinski definition) is 4. The molecule has 19 heavy (non-hydrogen) atoms. The Bertz CT molecular complexity index is 402. The Kier molecular flexibility index (Phi) is 5.19. The first-order valence-electron chi connectivity index (χ1n) is 6.83. The Balaban J connectivity index is 2.34. The van der Waals surface area contributed by atoms with Crippen LogP contribution in [0, 0.1) is 0 Å². The van der Waals surface area contributed by atoms with Gasteiger partial charge in [0, 0.05) is 25.8 Å². The second-order valence-electron chi connectivity index (χ2n) is 4.71. The summed E-state index contributed by atoms with van der Waals surface area (Å²) in [5, 5.41) is 3.40. The molecule has 1 aromatic carbocycles. The first kappa shape index (κ1) is 14.3. The lowest BCUT2D eigenvalue weighted by Crippen LogP contribution is -2.14. The van der Waals surface area contributed by atoms with Crippen LogP contribution in [0.1, 0.15) is 36.7 Å². The molecule has 1 aliphatic rings. The predicted molar refractivity (Wildman–Crippen MR) is 74.6 cm³/mol. The van der Waals surface area contributed by atoms with Crippen LogP contribution in [0.5, 0.6) is 5.75 Å². The fourth-order valence-corrected chi connectivity index (χ4v) is 2.61. The zero-order valence-corrected chi connectivity index (χ0v) is 11.9. The van der Waals surface area contributed by atoms with E-state index in [1.807, 2.05) is 19.1 Å². The smallest absolute Gasteiger partial charge is 0.183 e. The van der Waals surface area contributed by atoms with E-state index in [9.17, 15) is 0 Å². The standard InChI is InChI=1S/C15H23NO3/c1-4-19-15(18-3)14-9-12(17-2)5-6-13(14)11-7-8-16-10-11/h5-6,9,11,15-16H,4,7-8,10H2,1-3H3. The number of nitrogens with one attached hydrogen (secondary N) is 1. The fourth-order valence-electron chi connectivity index (χ4n) is 2.61. The molecule has 2 rings (SSSR count). The van der Waals surface area contributed by atoms with E-state index in [1.54, 1.807) is 14.2 Å². The number of benzene rings is 1. The lowest BCUT2D eigenvalue weighted by molar-refractivity contribution is -0.124. The van der Waals surface area contributed by atoms with Gasteiger partial charge in [-0.15, -0.1) is 0 Å². The molecule has 0 radical (unpaired) electrons. The van der Waals surface area contributed by atoms with Gasteiger partial charge < -0.3 is 19.5 Å². The summed E-state index contributed by atoms with van der Waals surface area (Å²) in [6.07, 6.45) is 0.831. The third-order valence-electron chi connectivity index (χ3n) is 3.58. The maximum atomic E-state index is 5.68. The van der Waals surface area contributed by atoms with Crippen molar-refractivity contribution in [3.8, 4) is 5.75 Å². The van der Waals surface area contributed by atoms with E-state index in [0.29, 0.717) is 12.5 Å². The Hall–Kier alpha value is -1.10. The number of methoxy groups -OCH3 is 2. The van der Waals surface area contributed by atoms with Gasteiger partial charge in [-0.2, -0.15) is 0 Å². The molecule has 106 valence electrons. The Morgan fingerprint density at radius 2 is 2.21 bits per heavy atom. The molecule has 0 amide bonds. The molecule has 0 bridgehead atoms. The van der Waals surface area contributed by atoms with Crippen LogP contribution in [0.3, 0.4) is 0 Å². The average Bonchev–Trinajstić information content (AvgIpc) is 2.98. The Morgan fingerprint density at radius 3 is 2.79 bits per heavy atom. The van der Waals surface area contributed by atoms with Crippen molar-refractivity contribution in [2.24, 2.45) is 0 Å². The summed E-state index contributed by atoms with van der Waals surface area (Å²) in [6.45, 7) is 4.69. The van der Waals surface area contributed by atoms with Crippen molar-refractivity contribution in [1.29, 1.82) is 0 Å². The van der Waals surface area contributed by atoms with E-state index in [2.05, 4.69) is 11.4 Å². The van der Waals surface area contributed by atoms with Crippen LogP contribution in [0.4, 0.5) is 0 Å². The highest BCUT2D eigenvalue weighted by molar-refractivity contribution is 5.39. The summed E-state index contributed by atoms with van der Waals surface area (Å²) >= 11 is 0. The zero-order chi connectivity index (χ0) is 13.7. The van der Waals surface area contributed by atoms with Gasteiger partial charge in [0.05, 0.1) is 7.11 Å². The molecule has 0 spiro atoms. The maximum Gasteiger partial charge on any atom is 0.183 e. The van der Waals surface area contributed by atoms with Crippen LogP contribution >= 0.6 is 0 Å². The first-order chi connectivity index (χ1) is 9.30. The Labute approximate surface area is 115 Å². The molecule has 1 N–H and O–H groups in total. The molecule has 0 aliphatic carbocycles. The second-order valence-corrected chi connectivity index (χ2v) is 4.71. The lowest BCUT2D eigenvalue weighted by atomic mass is 9.93. The second kappa shape index (κ2) is 6.89. The molecule has 1 fully saturated rings. The van der Waals surface area contributed by atoms with Crippen molar-refractivity contribution >= 4 is 0 Å². The summed E-state index contributed by atoms with van der Waals surface area (Å²) in [5.74, 6) is 1.37. The zero-order valence-electron chi connectivity index (χ0n) is 11.9. The molecule has 4 nitrogen and oxygen atoms in total. The lowest BCUT2D eigenvalue weighted by Gasteiger charge is -2.22. The third-order valence-corrected chi connectivity index (χ3v) is 3.58. The van der Waals surface area contributed by atoms with Gasteiger partial charge in [-0.25, -0.2) is 0 Å². The molecule has 2 unspecified atom stereocenters. The quantitative estimate of drug-likeness (QED) is 0.802. The average molecular weight is 265 g/mol. The van der Waals surface area contributed by atoms with E-state index in [1.165, 1.54) is 5.56 Å². The predicted octanol–water partition coefficient (Wildman–Crippen LogP) is 2.45. The van der Waals surface area contributed by atoms with Crippen LogP contribution in [-0.2, 0) is 9.47 Å². The van der Waals surface area contributed by atoms with Crippen LogP contribution in [0.25, 0.3) is 0 Å². The number of rotatable bonds is 6. The van der Waals surface area contributed by atoms with Crippen molar-refractivity contribution in [3.63, 3.8) is 0 Å². The van der Waals surface area contributed by atoms with Crippen molar-refractivity contribution in [2.75, 3.05) is 33.9 Å². The van der Waals surface area contributed by atoms with E-state index < -0.39 is 0 Å². The molecule has 4 heteroatoms. The highest BCUT2D eigenvalue weighted by Gasteiger charge is 2.24. The van der Waals surface area contributed by atoms with Gasteiger partial charge in [-0.3, -0.25) is 0 Å². The molecule has 0 aromatic heterocycles. The molecule has 1 aliphatic heterocycles. The summed E-state index contributed by atoms with van der Waals surface area (Å²) in [7, 11) is 3.36. The van der Waals surface area contributed by atoms with Crippen LogP contribution < -0.4 is 10.1 Å². The van der Waals surface area contributed by atoms with Crippen LogP contribution in [-0.4, -0.2) is 33.9 Å². The summed E-state index contributed by atoms with van der Waals surface area (Å²) in [5.41, 5.74) is 2.38. The van der Waals surface area contributed by atoms with Crippen molar-refractivity contribution in [2.45, 2.75) is 25.6 Å². The summed E-state index contributed by atoms with van der Waals surface area (Å²) in [4.78, 5) is 0. The Morgan fingerprint density at radius 1 is 1.37 bits per heavy atom. The molecule has 1 heterocycles. The largest absolute Gasteiger partial charge is 0.497 e. The number of ether oxygens (including phenoxy) is 3. The van der Waals surface area contributed by atoms with Gasteiger partial charge in [0.2, 0.25) is 0 Å². The molecule has 1 saturated heterocycles. The van der Waals surface area contributed by atoms with Crippen molar-refractivity contribution in [3.05, 3.63) is 29.3 Å². The monoisotopic (exact) mass is 265 g/mol. The molecular formula is C15H23NO3. The fraction of sp³-hybridized carbons (Fsp3) is 0.600. The molecular weight excluding hydrogens is 242 g/mol. The molecule has 2 atom stereocenters. The van der Waals surface area contributed by atoms with Gasteiger partial charge >= 0.3 is 0 Å². The molecule has 1 aromatic rings. The van der Waals surface area contributed by atoms with E-state index in [0.717, 1.165) is 30.8 Å². The number of hydrogen-bond donors (Lipinski definition) is 1. The SMILES string of the molecule is CCOC(OC)c1cc(OC)ccc1C1CCNC1. The van der Waals surface area contributed by atoms with Crippen LogP contribution in [0.2, 0.25) is 0 Å². The molecule has 0 saturated carbocycles. The third kappa shape index (κ3) is 3.26. The van der Waals surface area contributed by atoms with Gasteiger partial charge in [0.25, 0.3) is 0 Å². The minimum absolute atomic E-state index is 0.323. The van der Waals surface area contributed by atoms with E-state index in [-0.39, 0.29) is 6.29 Å². The van der Waals surface area contributed by atoms with Gasteiger partial charge in [-0.05, 0) is 43.5 Å². The van der Waals surface area contributed by atoms with E-state index >= 15 is 0 Å². The minimum atomic E-state index is -0.323. The maximum absolute atomic E-state index is 5.68. The summed E-state index contributed by atoms with van der Waals surface area (Å²) in [6, 6.07) is 6.17.